The van der Waals surface area contributed by atoms with E-state index in [0.717, 1.165) is 54.9 Å². The van der Waals surface area contributed by atoms with Crippen molar-refractivity contribution in [3.8, 4) is 0 Å². The van der Waals surface area contributed by atoms with Gasteiger partial charge in [0.1, 0.15) is 23.5 Å². The highest BCUT2D eigenvalue weighted by Gasteiger charge is 2.34. The van der Waals surface area contributed by atoms with Crippen molar-refractivity contribution in [3.05, 3.63) is 35.5 Å². The van der Waals surface area contributed by atoms with Crippen LogP contribution in [0.2, 0.25) is 0 Å². The van der Waals surface area contributed by atoms with E-state index in [2.05, 4.69) is 39.3 Å². The van der Waals surface area contributed by atoms with E-state index in [-0.39, 0.29) is 12.0 Å². The minimum atomic E-state index is -0.249. The van der Waals surface area contributed by atoms with E-state index in [9.17, 15) is 4.39 Å². The predicted molar refractivity (Wildman–Crippen MR) is 94.4 cm³/mol. The summed E-state index contributed by atoms with van der Waals surface area (Å²) in [5.41, 5.74) is 2.64. The van der Waals surface area contributed by atoms with Crippen LogP contribution in [0.3, 0.4) is 0 Å². The molecule has 3 aliphatic heterocycles. The number of fused-ring (bicyclic) bond motifs is 2. The summed E-state index contributed by atoms with van der Waals surface area (Å²) < 4.78 is 13.7. The van der Waals surface area contributed by atoms with Gasteiger partial charge in [-0.3, -0.25) is 0 Å². The summed E-state index contributed by atoms with van der Waals surface area (Å²) in [7, 11) is 4.19. The van der Waals surface area contributed by atoms with Crippen molar-refractivity contribution in [1.29, 1.82) is 0 Å². The number of likely N-dealkylation sites (N-methyl/N-ethyl adjacent to an activating group) is 2. The number of rotatable bonds is 1. The highest BCUT2D eigenvalue weighted by Crippen LogP contribution is 2.34. The third kappa shape index (κ3) is 2.49. The van der Waals surface area contributed by atoms with Crippen LogP contribution in [0.15, 0.2) is 34.7 Å². The molecule has 6 nitrogen and oxygen atoms in total. The zero-order chi connectivity index (χ0) is 16.8. The van der Waals surface area contributed by atoms with Crippen molar-refractivity contribution >= 4 is 17.2 Å². The van der Waals surface area contributed by atoms with E-state index >= 15 is 0 Å². The fourth-order valence-corrected chi connectivity index (χ4v) is 3.36. The molecule has 128 valence electrons. The Morgan fingerprint density at radius 3 is 2.58 bits per heavy atom. The lowest BCUT2D eigenvalue weighted by atomic mass is 10.2. The van der Waals surface area contributed by atoms with E-state index in [1.807, 2.05) is 7.05 Å². The largest absolute Gasteiger partial charge is 0.354 e. The SMILES string of the molecule is CC1N=C2Nc3ccc(F)cc3NC(N3CCN(C)CC3)=C2N1C. The molecule has 1 unspecified atom stereocenters. The van der Waals surface area contributed by atoms with E-state index in [1.54, 1.807) is 6.07 Å². The van der Waals surface area contributed by atoms with Gasteiger partial charge in [0.15, 0.2) is 5.84 Å². The Morgan fingerprint density at radius 1 is 1.08 bits per heavy atom. The van der Waals surface area contributed by atoms with Gasteiger partial charge in [-0.2, -0.15) is 0 Å². The van der Waals surface area contributed by atoms with Gasteiger partial charge in [-0.05, 0) is 32.2 Å². The number of benzene rings is 1. The van der Waals surface area contributed by atoms with Crippen LogP contribution in [0.25, 0.3) is 0 Å². The maximum absolute atomic E-state index is 13.7. The van der Waals surface area contributed by atoms with Crippen LogP contribution < -0.4 is 10.6 Å². The van der Waals surface area contributed by atoms with Gasteiger partial charge < -0.3 is 25.3 Å². The molecule has 1 aromatic rings. The predicted octanol–water partition coefficient (Wildman–Crippen LogP) is 1.77. The highest BCUT2D eigenvalue weighted by molar-refractivity contribution is 6.12. The molecule has 1 aromatic carbocycles. The molecule has 0 aliphatic carbocycles. The number of nitrogens with one attached hydrogen (secondary N) is 2. The molecule has 1 saturated heterocycles. The van der Waals surface area contributed by atoms with E-state index in [0.29, 0.717) is 0 Å². The van der Waals surface area contributed by atoms with Crippen molar-refractivity contribution in [1.82, 2.24) is 14.7 Å². The Kier molecular flexibility index (Phi) is 3.60. The van der Waals surface area contributed by atoms with Gasteiger partial charge in [0, 0.05) is 33.2 Å². The lowest BCUT2D eigenvalue weighted by molar-refractivity contribution is 0.183. The average Bonchev–Trinajstić information content (AvgIpc) is 2.74. The molecule has 0 saturated carbocycles. The highest BCUT2D eigenvalue weighted by atomic mass is 19.1. The van der Waals surface area contributed by atoms with Crippen LogP contribution in [0, 0.1) is 5.82 Å². The molecule has 0 spiro atoms. The number of hydrogen-bond acceptors (Lipinski definition) is 6. The first-order chi connectivity index (χ1) is 11.5. The third-order valence-corrected chi connectivity index (χ3v) is 4.99. The first-order valence-corrected chi connectivity index (χ1v) is 8.35. The number of halogens is 1. The number of nitrogens with zero attached hydrogens (tertiary/aromatic N) is 4. The fourth-order valence-electron chi connectivity index (χ4n) is 3.36. The Labute approximate surface area is 141 Å². The van der Waals surface area contributed by atoms with Crippen LogP contribution in [0.4, 0.5) is 15.8 Å². The minimum Gasteiger partial charge on any atom is -0.354 e. The normalized spacial score (nSPS) is 24.0. The molecule has 0 aromatic heterocycles. The summed E-state index contributed by atoms with van der Waals surface area (Å²) in [5.74, 6) is 1.60. The molecule has 4 rings (SSSR count). The van der Waals surface area contributed by atoms with Gasteiger partial charge in [-0.25, -0.2) is 9.38 Å². The Balaban J connectivity index is 1.79. The number of amidine groups is 1. The van der Waals surface area contributed by atoms with Gasteiger partial charge in [0.05, 0.1) is 11.4 Å². The molecular weight excluding hydrogens is 307 g/mol. The van der Waals surface area contributed by atoms with E-state index in [4.69, 9.17) is 4.99 Å². The molecule has 3 aliphatic rings. The van der Waals surface area contributed by atoms with Crippen molar-refractivity contribution < 1.29 is 4.39 Å². The second-order valence-electron chi connectivity index (χ2n) is 6.65. The van der Waals surface area contributed by atoms with Crippen LogP contribution in [0.5, 0.6) is 0 Å². The molecule has 24 heavy (non-hydrogen) atoms. The maximum atomic E-state index is 13.7. The molecule has 0 radical (unpaired) electrons. The molecule has 1 atom stereocenters. The van der Waals surface area contributed by atoms with Crippen LogP contribution in [-0.4, -0.2) is 67.0 Å². The fraction of sp³-hybridized carbons (Fsp3) is 0.471. The molecule has 2 N–H and O–H groups in total. The Morgan fingerprint density at radius 2 is 1.83 bits per heavy atom. The average molecular weight is 330 g/mol. The van der Waals surface area contributed by atoms with Gasteiger partial charge in [0.25, 0.3) is 0 Å². The lowest BCUT2D eigenvalue weighted by Gasteiger charge is -2.37. The van der Waals surface area contributed by atoms with Crippen molar-refractivity contribution in [3.63, 3.8) is 0 Å². The summed E-state index contributed by atoms with van der Waals surface area (Å²) in [5, 5.41) is 6.84. The smallest absolute Gasteiger partial charge is 0.155 e. The molecule has 3 heterocycles. The van der Waals surface area contributed by atoms with Crippen molar-refractivity contribution in [2.24, 2.45) is 4.99 Å². The second-order valence-corrected chi connectivity index (χ2v) is 6.65. The van der Waals surface area contributed by atoms with Crippen LogP contribution >= 0.6 is 0 Å². The van der Waals surface area contributed by atoms with E-state index < -0.39 is 0 Å². The number of anilines is 2. The van der Waals surface area contributed by atoms with Gasteiger partial charge in [-0.1, -0.05) is 0 Å². The van der Waals surface area contributed by atoms with Crippen molar-refractivity contribution in [2.75, 3.05) is 50.9 Å². The zero-order valence-electron chi connectivity index (χ0n) is 14.3. The lowest BCUT2D eigenvalue weighted by Crippen LogP contribution is -2.46. The number of hydrogen-bond donors (Lipinski definition) is 2. The summed E-state index contributed by atoms with van der Waals surface area (Å²) in [6, 6.07) is 4.76. The second kappa shape index (κ2) is 5.66. The molecule has 0 bridgehead atoms. The third-order valence-electron chi connectivity index (χ3n) is 4.99. The molecule has 0 amide bonds. The molecular formula is C17H23FN6. The Hall–Kier alpha value is -2.28. The van der Waals surface area contributed by atoms with E-state index in [1.165, 1.54) is 12.1 Å². The summed E-state index contributed by atoms with van der Waals surface area (Å²) in [6.45, 7) is 5.95. The number of aliphatic imine (C=N–C) groups is 1. The van der Waals surface area contributed by atoms with Crippen LogP contribution in [-0.2, 0) is 0 Å². The van der Waals surface area contributed by atoms with Gasteiger partial charge in [0.2, 0.25) is 0 Å². The van der Waals surface area contributed by atoms with Crippen molar-refractivity contribution in [2.45, 2.75) is 13.1 Å². The Bertz CT molecular complexity index is 720. The minimum absolute atomic E-state index is 0.0776. The first kappa shape index (κ1) is 15.3. The summed E-state index contributed by atoms with van der Waals surface area (Å²) in [6.07, 6.45) is 0.0776. The van der Waals surface area contributed by atoms with Gasteiger partial charge in [-0.15, -0.1) is 0 Å². The quantitative estimate of drug-likeness (QED) is 0.822. The molecule has 1 fully saturated rings. The standard InChI is InChI=1S/C17H23FN6/c1-11-19-16-15(23(11)3)17(24-8-6-22(2)7-9-24)21-14-10-12(18)4-5-13(14)20-16/h4-5,10-11,21H,6-9H2,1-3H3,(H,19,20). The number of piperazine rings is 1. The topological polar surface area (TPSA) is 46.1 Å². The maximum Gasteiger partial charge on any atom is 0.155 e. The molecule has 7 heteroatoms. The summed E-state index contributed by atoms with van der Waals surface area (Å²) >= 11 is 0. The van der Waals surface area contributed by atoms with Crippen LogP contribution in [0.1, 0.15) is 6.92 Å². The monoisotopic (exact) mass is 330 g/mol. The van der Waals surface area contributed by atoms with Gasteiger partial charge >= 0.3 is 0 Å². The zero-order valence-corrected chi connectivity index (χ0v) is 14.3. The summed E-state index contributed by atoms with van der Waals surface area (Å²) in [4.78, 5) is 11.5. The first-order valence-electron chi connectivity index (χ1n) is 8.35.